The summed E-state index contributed by atoms with van der Waals surface area (Å²) in [5.41, 5.74) is 1.31. The topological polar surface area (TPSA) is 72.2 Å². The number of carbonyl (C=O) groups is 1. The molecule has 0 saturated heterocycles. The van der Waals surface area contributed by atoms with Crippen LogP contribution in [-0.4, -0.2) is 10.8 Å². The zero-order chi connectivity index (χ0) is 15.2. The number of nitrogens with one attached hydrogen (secondary N) is 1. The molecule has 106 valence electrons. The fourth-order valence-corrected chi connectivity index (χ4v) is 1.72. The van der Waals surface area contributed by atoms with Gasteiger partial charge in [-0.1, -0.05) is 23.7 Å². The zero-order valence-corrected chi connectivity index (χ0v) is 11.6. The second-order valence-corrected chi connectivity index (χ2v) is 4.61. The Morgan fingerprint density at radius 3 is 2.29 bits per heavy atom. The molecular formula is C15H11ClN2O3. The van der Waals surface area contributed by atoms with Gasteiger partial charge in [0.05, 0.1) is 4.92 Å². The largest absolute Gasteiger partial charge is 0.323 e. The number of hydrogen-bond donors (Lipinski definition) is 1. The summed E-state index contributed by atoms with van der Waals surface area (Å²) in [6.07, 6.45) is 3.03. The highest BCUT2D eigenvalue weighted by Gasteiger charge is 2.04. The molecule has 0 aliphatic carbocycles. The Balaban J connectivity index is 1.98. The zero-order valence-electron chi connectivity index (χ0n) is 10.8. The smallest absolute Gasteiger partial charge is 0.269 e. The summed E-state index contributed by atoms with van der Waals surface area (Å²) in [4.78, 5) is 21.7. The van der Waals surface area contributed by atoms with Crippen molar-refractivity contribution >= 4 is 35.0 Å². The number of nitro groups is 1. The van der Waals surface area contributed by atoms with Gasteiger partial charge < -0.3 is 5.32 Å². The Labute approximate surface area is 126 Å². The Hall–Kier alpha value is -2.66. The number of nitrogens with zero attached hydrogens (tertiary/aromatic N) is 1. The molecule has 6 heteroatoms. The fourth-order valence-electron chi connectivity index (χ4n) is 1.60. The van der Waals surface area contributed by atoms with Crippen molar-refractivity contribution in [2.45, 2.75) is 0 Å². The summed E-state index contributed by atoms with van der Waals surface area (Å²) in [5, 5.41) is 13.8. The van der Waals surface area contributed by atoms with Crippen LogP contribution in [0.15, 0.2) is 54.6 Å². The predicted octanol–water partition coefficient (Wildman–Crippen LogP) is 3.90. The van der Waals surface area contributed by atoms with Crippen LogP contribution in [0.4, 0.5) is 11.4 Å². The number of halogens is 1. The van der Waals surface area contributed by atoms with Crippen LogP contribution in [-0.2, 0) is 4.79 Å². The van der Waals surface area contributed by atoms with E-state index in [2.05, 4.69) is 5.32 Å². The van der Waals surface area contributed by atoms with Gasteiger partial charge in [-0.2, -0.15) is 0 Å². The van der Waals surface area contributed by atoms with E-state index < -0.39 is 4.92 Å². The molecule has 0 aromatic heterocycles. The molecule has 2 aromatic carbocycles. The standard InChI is InChI=1S/C15H11ClN2O3/c16-12-4-1-11(2-5-12)3-10-15(19)17-13-6-8-14(9-7-13)18(20)21/h1-10H,(H,17,19). The van der Waals surface area contributed by atoms with Crippen LogP contribution in [0.2, 0.25) is 5.02 Å². The van der Waals surface area contributed by atoms with Gasteiger partial charge in [0.25, 0.3) is 5.69 Å². The molecule has 0 aliphatic rings. The molecule has 0 unspecified atom stereocenters. The van der Waals surface area contributed by atoms with Crippen LogP contribution in [0.5, 0.6) is 0 Å². The van der Waals surface area contributed by atoms with Gasteiger partial charge in [-0.3, -0.25) is 14.9 Å². The van der Waals surface area contributed by atoms with Gasteiger partial charge in [0.2, 0.25) is 5.91 Å². The average Bonchev–Trinajstić information content (AvgIpc) is 2.47. The van der Waals surface area contributed by atoms with Crippen molar-refractivity contribution in [2.75, 3.05) is 5.32 Å². The Kier molecular flexibility index (Phi) is 4.68. The van der Waals surface area contributed by atoms with Crippen LogP contribution in [0.25, 0.3) is 6.08 Å². The van der Waals surface area contributed by atoms with Crippen molar-refractivity contribution in [3.63, 3.8) is 0 Å². The summed E-state index contributed by atoms with van der Waals surface area (Å²) in [6, 6.07) is 12.7. The van der Waals surface area contributed by atoms with E-state index in [9.17, 15) is 14.9 Å². The molecule has 1 amide bonds. The van der Waals surface area contributed by atoms with E-state index in [1.54, 1.807) is 30.3 Å². The first-order valence-corrected chi connectivity index (χ1v) is 6.41. The third-order valence-corrected chi connectivity index (χ3v) is 2.89. The van der Waals surface area contributed by atoms with Crippen molar-refractivity contribution in [3.8, 4) is 0 Å². The van der Waals surface area contributed by atoms with E-state index >= 15 is 0 Å². The predicted molar refractivity (Wildman–Crippen MR) is 82.2 cm³/mol. The molecule has 0 fully saturated rings. The monoisotopic (exact) mass is 302 g/mol. The van der Waals surface area contributed by atoms with E-state index in [0.717, 1.165) is 5.56 Å². The van der Waals surface area contributed by atoms with Crippen LogP contribution in [0, 0.1) is 10.1 Å². The van der Waals surface area contributed by atoms with E-state index in [0.29, 0.717) is 10.7 Å². The first kappa shape index (κ1) is 14.7. The highest BCUT2D eigenvalue weighted by molar-refractivity contribution is 6.30. The number of nitro benzene ring substituents is 1. The van der Waals surface area contributed by atoms with Crippen LogP contribution >= 0.6 is 11.6 Å². The van der Waals surface area contributed by atoms with Crippen LogP contribution in [0.1, 0.15) is 5.56 Å². The lowest BCUT2D eigenvalue weighted by Gasteiger charge is -2.01. The highest BCUT2D eigenvalue weighted by atomic mass is 35.5. The van der Waals surface area contributed by atoms with E-state index in [-0.39, 0.29) is 11.6 Å². The molecule has 21 heavy (non-hydrogen) atoms. The average molecular weight is 303 g/mol. The van der Waals surface area contributed by atoms with Gasteiger partial charge in [0.15, 0.2) is 0 Å². The Bertz CT molecular complexity index is 679. The van der Waals surface area contributed by atoms with Gasteiger partial charge in [0.1, 0.15) is 0 Å². The maximum atomic E-state index is 11.7. The molecule has 2 rings (SSSR count). The van der Waals surface area contributed by atoms with Crippen LogP contribution < -0.4 is 5.32 Å². The molecule has 0 heterocycles. The number of carbonyl (C=O) groups excluding carboxylic acids is 1. The molecule has 0 aliphatic heterocycles. The summed E-state index contributed by atoms with van der Waals surface area (Å²) in [5.74, 6) is -0.321. The Morgan fingerprint density at radius 2 is 1.71 bits per heavy atom. The first-order chi connectivity index (χ1) is 10.0. The van der Waals surface area contributed by atoms with Crippen molar-refractivity contribution in [2.24, 2.45) is 0 Å². The van der Waals surface area contributed by atoms with Crippen molar-refractivity contribution in [1.29, 1.82) is 0 Å². The van der Waals surface area contributed by atoms with Crippen molar-refractivity contribution in [3.05, 3.63) is 75.3 Å². The van der Waals surface area contributed by atoms with Crippen molar-refractivity contribution < 1.29 is 9.72 Å². The van der Waals surface area contributed by atoms with E-state index in [1.807, 2.05) is 0 Å². The van der Waals surface area contributed by atoms with Crippen molar-refractivity contribution in [1.82, 2.24) is 0 Å². The minimum absolute atomic E-state index is 0.0234. The normalized spacial score (nSPS) is 10.5. The molecule has 2 aromatic rings. The SMILES string of the molecule is O=C(C=Cc1ccc(Cl)cc1)Nc1ccc([N+](=O)[O-])cc1. The molecule has 0 saturated carbocycles. The maximum Gasteiger partial charge on any atom is 0.269 e. The molecule has 5 nitrogen and oxygen atoms in total. The van der Waals surface area contributed by atoms with Gasteiger partial charge in [-0.15, -0.1) is 0 Å². The molecule has 0 spiro atoms. The molecule has 0 radical (unpaired) electrons. The van der Waals surface area contributed by atoms with Gasteiger partial charge in [-0.25, -0.2) is 0 Å². The second-order valence-electron chi connectivity index (χ2n) is 4.18. The lowest BCUT2D eigenvalue weighted by atomic mass is 10.2. The summed E-state index contributed by atoms with van der Waals surface area (Å²) >= 11 is 5.77. The van der Waals surface area contributed by atoms with Crippen LogP contribution in [0.3, 0.4) is 0 Å². The lowest BCUT2D eigenvalue weighted by molar-refractivity contribution is -0.384. The quantitative estimate of drug-likeness (QED) is 0.529. The van der Waals surface area contributed by atoms with Gasteiger partial charge in [0, 0.05) is 28.9 Å². The van der Waals surface area contributed by atoms with Gasteiger partial charge in [-0.05, 0) is 35.9 Å². The molecular weight excluding hydrogens is 292 g/mol. The molecule has 1 N–H and O–H groups in total. The summed E-state index contributed by atoms with van der Waals surface area (Å²) in [7, 11) is 0. The Morgan fingerprint density at radius 1 is 1.10 bits per heavy atom. The third kappa shape index (κ3) is 4.43. The summed E-state index contributed by atoms with van der Waals surface area (Å²) < 4.78 is 0. The highest BCUT2D eigenvalue weighted by Crippen LogP contribution is 2.15. The number of anilines is 1. The minimum Gasteiger partial charge on any atom is -0.323 e. The summed E-state index contributed by atoms with van der Waals surface area (Å²) in [6.45, 7) is 0. The maximum absolute atomic E-state index is 11.7. The minimum atomic E-state index is -0.494. The number of non-ortho nitro benzene ring substituents is 1. The number of rotatable bonds is 4. The fraction of sp³-hybridized carbons (Fsp3) is 0. The molecule has 0 bridgehead atoms. The number of benzene rings is 2. The second kappa shape index (κ2) is 6.67. The molecule has 0 atom stereocenters. The van der Waals surface area contributed by atoms with Gasteiger partial charge >= 0.3 is 0 Å². The number of amides is 1. The lowest BCUT2D eigenvalue weighted by Crippen LogP contribution is -2.07. The third-order valence-electron chi connectivity index (χ3n) is 2.64. The number of hydrogen-bond acceptors (Lipinski definition) is 3. The van der Waals surface area contributed by atoms with E-state index in [4.69, 9.17) is 11.6 Å². The first-order valence-electron chi connectivity index (χ1n) is 6.04. The van der Waals surface area contributed by atoms with E-state index in [1.165, 1.54) is 30.3 Å².